The maximum Gasteiger partial charge on any atom is 0.221 e. The number of nitrogens with one attached hydrogen (secondary N) is 2. The van der Waals surface area contributed by atoms with Gasteiger partial charge in [0.25, 0.3) is 0 Å². The van der Waals surface area contributed by atoms with E-state index in [-0.39, 0.29) is 24.1 Å². The van der Waals surface area contributed by atoms with E-state index < -0.39 is 0 Å². The van der Waals surface area contributed by atoms with Crippen molar-refractivity contribution in [3.63, 3.8) is 0 Å². The summed E-state index contributed by atoms with van der Waals surface area (Å²) in [6.07, 6.45) is 9.33. The molecule has 1 saturated heterocycles. The van der Waals surface area contributed by atoms with Crippen LogP contribution < -0.4 is 10.6 Å². The van der Waals surface area contributed by atoms with Crippen molar-refractivity contribution in [1.29, 1.82) is 0 Å². The van der Waals surface area contributed by atoms with E-state index in [4.69, 9.17) is 0 Å². The summed E-state index contributed by atoms with van der Waals surface area (Å²) in [7, 11) is 0. The van der Waals surface area contributed by atoms with Crippen LogP contribution in [0.2, 0.25) is 0 Å². The average Bonchev–Trinajstić information content (AvgIpc) is 2.54. The number of aliphatic hydroxyl groups is 1. The highest BCUT2D eigenvalue weighted by molar-refractivity contribution is 5.76. The fourth-order valence-electron chi connectivity index (χ4n) is 3.41. The molecule has 0 aromatic rings. The van der Waals surface area contributed by atoms with Crippen molar-refractivity contribution < 1.29 is 9.90 Å². The van der Waals surface area contributed by atoms with Gasteiger partial charge in [-0.25, -0.2) is 0 Å². The molecule has 0 aromatic carbocycles. The smallest absolute Gasteiger partial charge is 0.221 e. The van der Waals surface area contributed by atoms with Crippen LogP contribution in [0.4, 0.5) is 0 Å². The average molecular weight is 309 g/mol. The second kappa shape index (κ2) is 9.28. The standard InChI is InChI=1S/C17H31N3O2/c1-2-16(21)15-8-5-7-14-13-17(22)19-11-6-10-18-9-3-4-12-20(14)15/h5,7,14-16,18,21H,2-4,6,8-13H2,1H3,(H,19,22)/t14-,15-,16+/m1/s1. The predicted octanol–water partition coefficient (Wildman–Crippen LogP) is 1.04. The maximum atomic E-state index is 12.1. The number of aliphatic hydroxyl groups excluding tert-OH is 1. The first kappa shape index (κ1) is 17.4. The fraction of sp³-hybridized carbons (Fsp3) is 0.824. The van der Waals surface area contributed by atoms with Crippen LogP contribution >= 0.6 is 0 Å². The molecule has 0 aliphatic carbocycles. The van der Waals surface area contributed by atoms with Crippen LogP contribution in [0.5, 0.6) is 0 Å². The van der Waals surface area contributed by atoms with E-state index in [1.807, 2.05) is 6.92 Å². The van der Waals surface area contributed by atoms with Crippen LogP contribution in [-0.2, 0) is 4.79 Å². The summed E-state index contributed by atoms with van der Waals surface area (Å²) < 4.78 is 0. The van der Waals surface area contributed by atoms with Crippen molar-refractivity contribution >= 4 is 5.91 Å². The Balaban J connectivity index is 2.06. The van der Waals surface area contributed by atoms with Crippen molar-refractivity contribution in [3.8, 4) is 0 Å². The van der Waals surface area contributed by atoms with Gasteiger partial charge in [-0.05, 0) is 51.7 Å². The Labute approximate surface area is 134 Å². The third kappa shape index (κ3) is 5.07. The molecule has 2 aliphatic heterocycles. The Morgan fingerprint density at radius 3 is 2.95 bits per heavy atom. The molecule has 5 nitrogen and oxygen atoms in total. The molecule has 126 valence electrons. The van der Waals surface area contributed by atoms with Gasteiger partial charge in [0.1, 0.15) is 0 Å². The number of carbonyl (C=O) groups is 1. The lowest BCUT2D eigenvalue weighted by atomic mass is 9.94. The van der Waals surface area contributed by atoms with E-state index in [9.17, 15) is 9.90 Å². The topological polar surface area (TPSA) is 64.6 Å². The summed E-state index contributed by atoms with van der Waals surface area (Å²) in [5.41, 5.74) is 0. The van der Waals surface area contributed by atoms with Gasteiger partial charge in [0.2, 0.25) is 5.91 Å². The van der Waals surface area contributed by atoms with Crippen LogP contribution in [0.25, 0.3) is 0 Å². The zero-order valence-corrected chi connectivity index (χ0v) is 13.8. The normalized spacial score (nSPS) is 30.4. The first-order valence-electron chi connectivity index (χ1n) is 8.80. The van der Waals surface area contributed by atoms with Crippen LogP contribution in [0.3, 0.4) is 0 Å². The summed E-state index contributed by atoms with van der Waals surface area (Å²) in [4.78, 5) is 14.5. The van der Waals surface area contributed by atoms with E-state index >= 15 is 0 Å². The van der Waals surface area contributed by atoms with Crippen LogP contribution in [0.15, 0.2) is 12.2 Å². The number of amides is 1. The van der Waals surface area contributed by atoms with Crippen molar-refractivity contribution in [3.05, 3.63) is 12.2 Å². The Hall–Kier alpha value is -0.910. The molecule has 2 heterocycles. The molecule has 1 amide bonds. The molecule has 2 aliphatic rings. The molecule has 5 heteroatoms. The van der Waals surface area contributed by atoms with E-state index in [1.54, 1.807) is 0 Å². The molecule has 0 radical (unpaired) electrons. The molecule has 3 N–H and O–H groups in total. The number of rotatable bonds is 2. The highest BCUT2D eigenvalue weighted by atomic mass is 16.3. The zero-order chi connectivity index (χ0) is 15.8. The van der Waals surface area contributed by atoms with Gasteiger partial charge >= 0.3 is 0 Å². The molecule has 0 unspecified atom stereocenters. The first-order chi connectivity index (χ1) is 10.7. The van der Waals surface area contributed by atoms with Gasteiger partial charge in [0.15, 0.2) is 0 Å². The molecule has 0 saturated carbocycles. The summed E-state index contributed by atoms with van der Waals surface area (Å²) in [5.74, 6) is 0.116. The Morgan fingerprint density at radius 1 is 1.32 bits per heavy atom. The van der Waals surface area contributed by atoms with Crippen LogP contribution in [0, 0.1) is 0 Å². The number of hydrogen-bond acceptors (Lipinski definition) is 4. The summed E-state index contributed by atoms with van der Waals surface area (Å²) in [6, 6.07) is 0.263. The Morgan fingerprint density at radius 2 is 2.14 bits per heavy atom. The lowest BCUT2D eigenvalue weighted by Gasteiger charge is -2.41. The lowest BCUT2D eigenvalue weighted by Crippen LogP contribution is -2.51. The Bertz CT molecular complexity index is 373. The first-order valence-corrected chi connectivity index (χ1v) is 8.80. The number of hydrogen-bond donors (Lipinski definition) is 3. The van der Waals surface area contributed by atoms with Gasteiger partial charge < -0.3 is 15.7 Å². The zero-order valence-electron chi connectivity index (χ0n) is 13.8. The highest BCUT2D eigenvalue weighted by Gasteiger charge is 2.32. The largest absolute Gasteiger partial charge is 0.391 e. The monoisotopic (exact) mass is 309 g/mol. The molecule has 3 atom stereocenters. The minimum Gasteiger partial charge on any atom is -0.391 e. The molecule has 22 heavy (non-hydrogen) atoms. The summed E-state index contributed by atoms with van der Waals surface area (Å²) in [5, 5.41) is 16.8. The van der Waals surface area contributed by atoms with E-state index in [2.05, 4.69) is 27.7 Å². The SMILES string of the molecule is CC[C@H](O)[C@H]1CC=C[C@@H]2CC(=O)NCCCNCCCCN21. The molecule has 1 fully saturated rings. The van der Waals surface area contributed by atoms with Crippen molar-refractivity contribution in [2.45, 2.75) is 63.6 Å². The predicted molar refractivity (Wildman–Crippen MR) is 88.7 cm³/mol. The van der Waals surface area contributed by atoms with Gasteiger partial charge in [0.05, 0.1) is 6.10 Å². The molecule has 2 rings (SSSR count). The van der Waals surface area contributed by atoms with Crippen molar-refractivity contribution in [2.24, 2.45) is 0 Å². The molecule has 0 aromatic heterocycles. The van der Waals surface area contributed by atoms with Gasteiger partial charge in [-0.3, -0.25) is 9.69 Å². The van der Waals surface area contributed by atoms with E-state index in [1.165, 1.54) is 0 Å². The highest BCUT2D eigenvalue weighted by Crippen LogP contribution is 2.24. The summed E-state index contributed by atoms with van der Waals surface area (Å²) in [6.45, 7) is 5.71. The van der Waals surface area contributed by atoms with Crippen molar-refractivity contribution in [2.75, 3.05) is 26.2 Å². The quantitative estimate of drug-likeness (QED) is 0.667. The fourth-order valence-corrected chi connectivity index (χ4v) is 3.41. The Kier molecular flexibility index (Phi) is 7.36. The minimum absolute atomic E-state index is 0.116. The number of carbonyl (C=O) groups excluding carboxylic acids is 1. The van der Waals surface area contributed by atoms with E-state index in [0.29, 0.717) is 6.42 Å². The van der Waals surface area contributed by atoms with Gasteiger partial charge in [-0.1, -0.05) is 19.1 Å². The molecular formula is C17H31N3O2. The molecule has 0 spiro atoms. The third-order valence-electron chi connectivity index (χ3n) is 4.72. The van der Waals surface area contributed by atoms with Crippen molar-refractivity contribution in [1.82, 2.24) is 15.5 Å². The summed E-state index contributed by atoms with van der Waals surface area (Å²) >= 11 is 0. The number of nitrogens with zero attached hydrogens (tertiary/aromatic N) is 1. The molecular weight excluding hydrogens is 278 g/mol. The maximum absolute atomic E-state index is 12.1. The van der Waals surface area contributed by atoms with Crippen LogP contribution in [0.1, 0.15) is 45.4 Å². The second-order valence-electron chi connectivity index (χ2n) is 6.38. The van der Waals surface area contributed by atoms with Gasteiger partial charge in [0, 0.05) is 25.0 Å². The molecule has 0 bridgehead atoms. The van der Waals surface area contributed by atoms with Gasteiger partial charge in [-0.15, -0.1) is 0 Å². The third-order valence-corrected chi connectivity index (χ3v) is 4.72. The van der Waals surface area contributed by atoms with E-state index in [0.717, 1.165) is 58.3 Å². The van der Waals surface area contributed by atoms with Crippen LogP contribution in [-0.4, -0.2) is 60.3 Å². The minimum atomic E-state index is -0.315. The lowest BCUT2D eigenvalue weighted by molar-refractivity contribution is -0.122. The number of fused-ring (bicyclic) bond motifs is 1. The van der Waals surface area contributed by atoms with Gasteiger partial charge in [-0.2, -0.15) is 0 Å². The second-order valence-corrected chi connectivity index (χ2v) is 6.38.